The number of hydrogen-bond acceptors (Lipinski definition) is 3. The predicted octanol–water partition coefficient (Wildman–Crippen LogP) is 16.1. The van der Waals surface area contributed by atoms with Gasteiger partial charge in [-0.2, -0.15) is 0 Å². The number of anilines is 3. The third kappa shape index (κ3) is 5.71. The van der Waals surface area contributed by atoms with Crippen LogP contribution in [0.3, 0.4) is 0 Å². The lowest BCUT2D eigenvalue weighted by Crippen LogP contribution is -2.10. The van der Waals surface area contributed by atoms with Gasteiger partial charge in [-0.3, -0.25) is 0 Å². The van der Waals surface area contributed by atoms with E-state index >= 15 is 0 Å². The molecule has 9 aromatic carbocycles. The Labute approximate surface area is 335 Å². The summed E-state index contributed by atoms with van der Waals surface area (Å²) in [5.41, 5.74) is 14.3. The van der Waals surface area contributed by atoms with Crippen molar-refractivity contribution in [2.24, 2.45) is 0 Å². The SMILES string of the molecule is c1ccc(-c2ccc(N(c3ccc(-c4ccccc4)cc3)c3ccc(-c4ccccc4-c4cccc5c4sc4ccccc45)c4oc5ccccc5c34)cc2)cc1. The monoisotopic (exact) mass is 745 g/mol. The van der Waals surface area contributed by atoms with Gasteiger partial charge in [0.05, 0.1) is 11.1 Å². The molecule has 0 radical (unpaired) electrons. The van der Waals surface area contributed by atoms with Gasteiger partial charge in [-0.1, -0.05) is 164 Å². The number of para-hydroxylation sites is 1. The molecular formula is C54H35NOS. The Bertz CT molecular complexity index is 3130. The average molecular weight is 746 g/mol. The second kappa shape index (κ2) is 13.8. The number of rotatable bonds is 7. The maximum absolute atomic E-state index is 6.96. The standard InChI is InChI=1S/C54H35NOS/c1-3-14-36(15-4-1)38-26-30-40(31-27-38)55(41-32-28-39(29-33-41)37-16-5-2-6-17-37)49-35-34-45(53-52(49)48-21-9-11-24-50(48)56-53)42-18-7-8-19-43(42)46-22-13-23-47-44-20-10-12-25-51(44)57-54(46)47/h1-35H. The van der Waals surface area contributed by atoms with Crippen molar-refractivity contribution in [3.8, 4) is 44.5 Å². The number of nitrogens with zero attached hydrogens (tertiary/aromatic N) is 1. The van der Waals surface area contributed by atoms with Crippen LogP contribution in [0.1, 0.15) is 0 Å². The highest BCUT2D eigenvalue weighted by atomic mass is 32.1. The minimum Gasteiger partial charge on any atom is -0.455 e. The van der Waals surface area contributed by atoms with E-state index in [0.717, 1.165) is 50.1 Å². The maximum atomic E-state index is 6.96. The van der Waals surface area contributed by atoms with Gasteiger partial charge in [-0.05, 0) is 81.9 Å². The Kier molecular flexibility index (Phi) is 8.04. The summed E-state index contributed by atoms with van der Waals surface area (Å²) in [6.07, 6.45) is 0. The molecule has 11 aromatic rings. The second-order valence-electron chi connectivity index (χ2n) is 14.4. The van der Waals surface area contributed by atoms with Crippen molar-refractivity contribution in [3.05, 3.63) is 212 Å². The zero-order valence-electron chi connectivity index (χ0n) is 31.0. The van der Waals surface area contributed by atoms with Crippen molar-refractivity contribution in [2.45, 2.75) is 0 Å². The molecule has 0 atom stereocenters. The minimum atomic E-state index is 0.865. The molecule has 0 fully saturated rings. The second-order valence-corrected chi connectivity index (χ2v) is 15.5. The lowest BCUT2D eigenvalue weighted by atomic mass is 9.92. The summed E-state index contributed by atoms with van der Waals surface area (Å²) < 4.78 is 9.56. The molecule has 0 unspecified atom stereocenters. The smallest absolute Gasteiger partial charge is 0.145 e. The number of thiophene rings is 1. The Morgan fingerprint density at radius 1 is 0.351 bits per heavy atom. The number of fused-ring (bicyclic) bond motifs is 6. The van der Waals surface area contributed by atoms with E-state index < -0.39 is 0 Å². The molecule has 0 aliphatic rings. The van der Waals surface area contributed by atoms with Crippen LogP contribution in [0, 0.1) is 0 Å². The van der Waals surface area contributed by atoms with E-state index in [1.54, 1.807) is 0 Å². The number of hydrogen-bond donors (Lipinski definition) is 0. The highest BCUT2D eigenvalue weighted by Gasteiger charge is 2.24. The van der Waals surface area contributed by atoms with Crippen molar-refractivity contribution in [3.63, 3.8) is 0 Å². The van der Waals surface area contributed by atoms with Crippen LogP contribution in [0.5, 0.6) is 0 Å². The molecule has 2 aromatic heterocycles. The molecule has 0 amide bonds. The Balaban J connectivity index is 1.13. The van der Waals surface area contributed by atoms with Gasteiger partial charge in [0.1, 0.15) is 11.2 Å². The normalized spacial score (nSPS) is 11.5. The summed E-state index contributed by atoms with van der Waals surface area (Å²) in [4.78, 5) is 2.38. The molecule has 0 N–H and O–H groups in total. The van der Waals surface area contributed by atoms with Gasteiger partial charge in [-0.15, -0.1) is 11.3 Å². The van der Waals surface area contributed by atoms with E-state index in [-0.39, 0.29) is 0 Å². The highest BCUT2D eigenvalue weighted by molar-refractivity contribution is 7.26. The van der Waals surface area contributed by atoms with E-state index in [1.165, 1.54) is 53.6 Å². The zero-order chi connectivity index (χ0) is 37.7. The summed E-state index contributed by atoms with van der Waals surface area (Å²) in [7, 11) is 0. The summed E-state index contributed by atoms with van der Waals surface area (Å²) in [6.45, 7) is 0. The largest absolute Gasteiger partial charge is 0.455 e. The van der Waals surface area contributed by atoms with E-state index in [9.17, 15) is 0 Å². The van der Waals surface area contributed by atoms with Gasteiger partial charge in [0.15, 0.2) is 0 Å². The molecule has 0 saturated carbocycles. The van der Waals surface area contributed by atoms with Crippen molar-refractivity contribution in [2.75, 3.05) is 4.90 Å². The molecule has 0 saturated heterocycles. The van der Waals surface area contributed by atoms with Crippen LogP contribution >= 0.6 is 11.3 Å². The van der Waals surface area contributed by atoms with Gasteiger partial charge in [0, 0.05) is 48.1 Å². The van der Waals surface area contributed by atoms with Gasteiger partial charge in [0.2, 0.25) is 0 Å². The van der Waals surface area contributed by atoms with Crippen LogP contribution in [0.4, 0.5) is 17.1 Å². The van der Waals surface area contributed by atoms with Crippen molar-refractivity contribution in [1.82, 2.24) is 0 Å². The zero-order valence-corrected chi connectivity index (χ0v) is 31.8. The molecule has 3 heteroatoms. The third-order valence-electron chi connectivity index (χ3n) is 11.1. The molecule has 57 heavy (non-hydrogen) atoms. The molecule has 0 spiro atoms. The third-order valence-corrected chi connectivity index (χ3v) is 12.3. The molecule has 0 bridgehead atoms. The first-order valence-electron chi connectivity index (χ1n) is 19.3. The topological polar surface area (TPSA) is 16.4 Å². The molecular weight excluding hydrogens is 711 g/mol. The Morgan fingerprint density at radius 2 is 0.860 bits per heavy atom. The fourth-order valence-electron chi connectivity index (χ4n) is 8.42. The first-order chi connectivity index (χ1) is 28.3. The van der Waals surface area contributed by atoms with Gasteiger partial charge in [-0.25, -0.2) is 0 Å². The van der Waals surface area contributed by atoms with Gasteiger partial charge < -0.3 is 9.32 Å². The van der Waals surface area contributed by atoms with Crippen molar-refractivity contribution in [1.29, 1.82) is 0 Å². The van der Waals surface area contributed by atoms with E-state index in [1.807, 2.05) is 11.3 Å². The summed E-state index contributed by atoms with van der Waals surface area (Å²) in [6, 6.07) is 76.1. The van der Waals surface area contributed by atoms with Crippen LogP contribution in [-0.2, 0) is 0 Å². The van der Waals surface area contributed by atoms with E-state index in [4.69, 9.17) is 4.42 Å². The summed E-state index contributed by atoms with van der Waals surface area (Å²) in [5, 5.41) is 4.76. The van der Waals surface area contributed by atoms with Crippen LogP contribution < -0.4 is 4.90 Å². The van der Waals surface area contributed by atoms with Crippen molar-refractivity contribution < 1.29 is 4.42 Å². The fraction of sp³-hybridized carbons (Fsp3) is 0. The predicted molar refractivity (Wildman–Crippen MR) is 243 cm³/mol. The van der Waals surface area contributed by atoms with Crippen LogP contribution in [0.15, 0.2) is 217 Å². The lowest BCUT2D eigenvalue weighted by molar-refractivity contribution is 0.670. The van der Waals surface area contributed by atoms with Crippen LogP contribution in [-0.4, -0.2) is 0 Å². The first kappa shape index (κ1) is 33.2. The Hall–Kier alpha value is -7.20. The molecule has 11 rings (SSSR count). The number of benzene rings is 9. The van der Waals surface area contributed by atoms with Gasteiger partial charge in [0.25, 0.3) is 0 Å². The van der Waals surface area contributed by atoms with Gasteiger partial charge >= 0.3 is 0 Å². The lowest BCUT2D eigenvalue weighted by Gasteiger charge is -2.27. The highest BCUT2D eigenvalue weighted by Crippen LogP contribution is 2.49. The summed E-state index contributed by atoms with van der Waals surface area (Å²) in [5.74, 6) is 0. The van der Waals surface area contributed by atoms with E-state index in [2.05, 4.69) is 217 Å². The average Bonchev–Trinajstić information content (AvgIpc) is 3.87. The van der Waals surface area contributed by atoms with Crippen LogP contribution in [0.2, 0.25) is 0 Å². The first-order valence-corrected chi connectivity index (χ1v) is 20.2. The molecule has 0 aliphatic heterocycles. The maximum Gasteiger partial charge on any atom is 0.145 e. The van der Waals surface area contributed by atoms with Crippen molar-refractivity contribution >= 4 is 70.5 Å². The van der Waals surface area contributed by atoms with Crippen LogP contribution in [0.25, 0.3) is 86.6 Å². The summed E-state index contributed by atoms with van der Waals surface area (Å²) >= 11 is 1.86. The van der Waals surface area contributed by atoms with E-state index in [0.29, 0.717) is 0 Å². The molecule has 0 aliphatic carbocycles. The number of furan rings is 1. The minimum absolute atomic E-state index is 0.865. The Morgan fingerprint density at radius 3 is 1.53 bits per heavy atom. The molecule has 2 nitrogen and oxygen atoms in total. The quantitative estimate of drug-likeness (QED) is 0.162. The molecule has 268 valence electrons. The molecule has 2 heterocycles. The fourth-order valence-corrected chi connectivity index (χ4v) is 9.65.